The molecule has 1 amide bonds. The Bertz CT molecular complexity index is 177. The summed E-state index contributed by atoms with van der Waals surface area (Å²) in [5.74, 6) is 0.0352. The average molecular weight is 200 g/mol. The van der Waals surface area contributed by atoms with Gasteiger partial charge in [0.05, 0.1) is 0 Å². The molecule has 1 rings (SSSR count). The van der Waals surface area contributed by atoms with Gasteiger partial charge in [0.15, 0.2) is 0 Å². The van der Waals surface area contributed by atoms with Crippen molar-refractivity contribution >= 4 is 5.91 Å². The first-order valence-electron chi connectivity index (χ1n) is 5.33. The zero-order chi connectivity index (χ0) is 10.4. The third-order valence-corrected chi connectivity index (χ3v) is 2.20. The fraction of sp³-hybridized carbons (Fsp3) is 0.900. The molecule has 0 spiro atoms. The van der Waals surface area contributed by atoms with Crippen LogP contribution in [0.1, 0.15) is 26.7 Å². The summed E-state index contributed by atoms with van der Waals surface area (Å²) in [5.41, 5.74) is 0. The summed E-state index contributed by atoms with van der Waals surface area (Å²) in [4.78, 5) is 11.4. The van der Waals surface area contributed by atoms with Gasteiger partial charge < -0.3 is 15.4 Å². The van der Waals surface area contributed by atoms with E-state index in [1.54, 1.807) is 0 Å². The van der Waals surface area contributed by atoms with Crippen LogP contribution < -0.4 is 10.6 Å². The molecule has 0 radical (unpaired) electrons. The topological polar surface area (TPSA) is 50.4 Å². The van der Waals surface area contributed by atoms with Crippen LogP contribution >= 0.6 is 0 Å². The second-order valence-corrected chi connectivity index (χ2v) is 3.90. The highest BCUT2D eigenvalue weighted by Crippen LogP contribution is 2.11. The minimum Gasteiger partial charge on any atom is -0.368 e. The molecule has 0 aliphatic carbocycles. The van der Waals surface area contributed by atoms with Crippen LogP contribution in [0.5, 0.6) is 0 Å². The van der Waals surface area contributed by atoms with Crippen LogP contribution in [0.15, 0.2) is 0 Å². The number of rotatable bonds is 5. The summed E-state index contributed by atoms with van der Waals surface area (Å²) in [7, 11) is 0. The number of ether oxygens (including phenoxy) is 1. The lowest BCUT2D eigenvalue weighted by Crippen LogP contribution is -2.39. The normalized spacial score (nSPS) is 21.5. The summed E-state index contributed by atoms with van der Waals surface area (Å²) >= 11 is 0. The molecule has 1 heterocycles. The lowest BCUT2D eigenvalue weighted by molar-refractivity contribution is -0.129. The van der Waals surface area contributed by atoms with Gasteiger partial charge in [-0.1, -0.05) is 13.8 Å². The number of carbonyl (C=O) groups is 1. The summed E-state index contributed by atoms with van der Waals surface area (Å²) in [5, 5.41) is 6.09. The largest absolute Gasteiger partial charge is 0.368 e. The van der Waals surface area contributed by atoms with E-state index in [4.69, 9.17) is 4.74 Å². The molecule has 2 N–H and O–H groups in total. The highest BCUT2D eigenvalue weighted by Gasteiger charge is 2.22. The Hall–Kier alpha value is -0.610. The van der Waals surface area contributed by atoms with Crippen LogP contribution in [-0.2, 0) is 9.53 Å². The molecule has 1 aliphatic heterocycles. The molecule has 1 aliphatic rings. The molecule has 14 heavy (non-hydrogen) atoms. The van der Waals surface area contributed by atoms with Gasteiger partial charge in [-0.15, -0.1) is 0 Å². The third kappa shape index (κ3) is 4.07. The third-order valence-electron chi connectivity index (χ3n) is 2.20. The van der Waals surface area contributed by atoms with Gasteiger partial charge in [-0.2, -0.15) is 0 Å². The number of hydrogen-bond donors (Lipinski definition) is 2. The minimum atomic E-state index is -0.200. The van der Waals surface area contributed by atoms with Gasteiger partial charge in [0.2, 0.25) is 5.91 Å². The van der Waals surface area contributed by atoms with E-state index in [9.17, 15) is 4.79 Å². The molecule has 4 nitrogen and oxygen atoms in total. The van der Waals surface area contributed by atoms with E-state index in [0.717, 1.165) is 26.0 Å². The van der Waals surface area contributed by atoms with Crippen molar-refractivity contribution in [3.05, 3.63) is 0 Å². The molecule has 1 fully saturated rings. The Balaban J connectivity index is 2.03. The summed E-state index contributed by atoms with van der Waals surface area (Å²) < 4.78 is 5.26. The average Bonchev–Trinajstić information content (AvgIpc) is 2.64. The van der Waals surface area contributed by atoms with Crippen molar-refractivity contribution in [3.63, 3.8) is 0 Å². The fourth-order valence-electron chi connectivity index (χ4n) is 1.44. The van der Waals surface area contributed by atoms with E-state index in [-0.39, 0.29) is 12.0 Å². The maximum absolute atomic E-state index is 11.4. The van der Waals surface area contributed by atoms with Crippen LogP contribution in [0.2, 0.25) is 0 Å². The second kappa shape index (κ2) is 5.98. The zero-order valence-electron chi connectivity index (χ0n) is 9.01. The standard InChI is InChI=1S/C10H20N2O2/c1-8(2)11-5-6-12-10(13)9-4-3-7-14-9/h8-9,11H,3-7H2,1-2H3,(H,12,13)/t9-/m0/s1. The van der Waals surface area contributed by atoms with Gasteiger partial charge in [0.1, 0.15) is 6.10 Å². The van der Waals surface area contributed by atoms with Crippen molar-refractivity contribution in [2.45, 2.75) is 38.8 Å². The molecule has 0 aromatic rings. The number of amides is 1. The van der Waals surface area contributed by atoms with E-state index in [1.165, 1.54) is 0 Å². The Morgan fingerprint density at radius 2 is 2.29 bits per heavy atom. The van der Waals surface area contributed by atoms with Crippen LogP contribution in [0.25, 0.3) is 0 Å². The van der Waals surface area contributed by atoms with Crippen LogP contribution in [0.4, 0.5) is 0 Å². The van der Waals surface area contributed by atoms with E-state index < -0.39 is 0 Å². The molecule has 82 valence electrons. The molecular formula is C10H20N2O2. The highest BCUT2D eigenvalue weighted by molar-refractivity contribution is 5.80. The Morgan fingerprint density at radius 3 is 2.86 bits per heavy atom. The molecular weight excluding hydrogens is 180 g/mol. The summed E-state index contributed by atoms with van der Waals surface area (Å²) in [6, 6.07) is 0.467. The molecule has 0 unspecified atom stereocenters. The van der Waals surface area contributed by atoms with Gasteiger partial charge in [-0.25, -0.2) is 0 Å². The lowest BCUT2D eigenvalue weighted by atomic mass is 10.2. The van der Waals surface area contributed by atoms with E-state index in [2.05, 4.69) is 24.5 Å². The Labute approximate surface area is 85.4 Å². The fourth-order valence-corrected chi connectivity index (χ4v) is 1.44. The molecule has 0 aromatic carbocycles. The number of nitrogens with one attached hydrogen (secondary N) is 2. The van der Waals surface area contributed by atoms with Crippen molar-refractivity contribution in [1.29, 1.82) is 0 Å². The number of carbonyl (C=O) groups excluding carboxylic acids is 1. The van der Waals surface area contributed by atoms with Crippen molar-refractivity contribution < 1.29 is 9.53 Å². The predicted molar refractivity (Wildman–Crippen MR) is 55.1 cm³/mol. The van der Waals surface area contributed by atoms with Crippen LogP contribution in [-0.4, -0.2) is 37.7 Å². The van der Waals surface area contributed by atoms with Crippen molar-refractivity contribution in [2.75, 3.05) is 19.7 Å². The van der Waals surface area contributed by atoms with E-state index >= 15 is 0 Å². The summed E-state index contributed by atoms with van der Waals surface area (Å²) in [6.07, 6.45) is 1.67. The Morgan fingerprint density at radius 1 is 1.50 bits per heavy atom. The second-order valence-electron chi connectivity index (χ2n) is 3.90. The van der Waals surface area contributed by atoms with Gasteiger partial charge in [-0.3, -0.25) is 4.79 Å². The molecule has 4 heteroatoms. The minimum absolute atomic E-state index is 0.0352. The quantitative estimate of drug-likeness (QED) is 0.627. The summed E-state index contributed by atoms with van der Waals surface area (Å²) in [6.45, 7) is 6.39. The van der Waals surface area contributed by atoms with Crippen molar-refractivity contribution in [3.8, 4) is 0 Å². The molecule has 0 aromatic heterocycles. The molecule has 1 saturated heterocycles. The maximum atomic E-state index is 11.4. The van der Waals surface area contributed by atoms with Crippen molar-refractivity contribution in [1.82, 2.24) is 10.6 Å². The van der Waals surface area contributed by atoms with Gasteiger partial charge in [0, 0.05) is 25.7 Å². The zero-order valence-corrected chi connectivity index (χ0v) is 9.01. The number of hydrogen-bond acceptors (Lipinski definition) is 3. The smallest absolute Gasteiger partial charge is 0.249 e. The maximum Gasteiger partial charge on any atom is 0.249 e. The van der Waals surface area contributed by atoms with Gasteiger partial charge >= 0.3 is 0 Å². The van der Waals surface area contributed by atoms with Gasteiger partial charge in [-0.05, 0) is 12.8 Å². The molecule has 0 bridgehead atoms. The predicted octanol–water partition coefficient (Wildman–Crippen LogP) is 0.280. The van der Waals surface area contributed by atoms with E-state index in [1.807, 2.05) is 0 Å². The first-order valence-corrected chi connectivity index (χ1v) is 5.33. The van der Waals surface area contributed by atoms with Gasteiger partial charge in [0.25, 0.3) is 0 Å². The van der Waals surface area contributed by atoms with Crippen LogP contribution in [0, 0.1) is 0 Å². The lowest BCUT2D eigenvalue weighted by Gasteiger charge is -2.11. The first kappa shape index (κ1) is 11.5. The highest BCUT2D eigenvalue weighted by atomic mass is 16.5. The molecule has 1 atom stereocenters. The SMILES string of the molecule is CC(C)NCCNC(=O)[C@@H]1CCCO1. The Kier molecular flexibility index (Phi) is 4.90. The van der Waals surface area contributed by atoms with E-state index in [0.29, 0.717) is 12.6 Å². The first-order chi connectivity index (χ1) is 6.70. The van der Waals surface area contributed by atoms with Crippen molar-refractivity contribution in [2.24, 2.45) is 0 Å². The monoisotopic (exact) mass is 200 g/mol. The van der Waals surface area contributed by atoms with Crippen LogP contribution in [0.3, 0.4) is 0 Å². The molecule has 0 saturated carbocycles.